The Morgan fingerprint density at radius 1 is 1.29 bits per heavy atom. The van der Waals surface area contributed by atoms with Crippen LogP contribution in [0.3, 0.4) is 0 Å². The highest BCUT2D eigenvalue weighted by molar-refractivity contribution is 7.14. The fourth-order valence-corrected chi connectivity index (χ4v) is 4.16. The van der Waals surface area contributed by atoms with Crippen LogP contribution in [0.2, 0.25) is 0 Å². The van der Waals surface area contributed by atoms with Gasteiger partial charge in [-0.2, -0.15) is 0 Å². The lowest BCUT2D eigenvalue weighted by molar-refractivity contribution is -0.131. The Morgan fingerprint density at radius 2 is 2.04 bits per heavy atom. The van der Waals surface area contributed by atoms with Crippen molar-refractivity contribution >= 4 is 23.1 Å². The Hall–Kier alpha value is -2.05. The van der Waals surface area contributed by atoms with E-state index in [1.807, 2.05) is 11.0 Å². The third kappa shape index (κ3) is 3.39. The molecule has 126 valence electrons. The minimum atomic E-state index is -0.601. The standard InChI is InChI=1S/C18H18FNO3S/c1-11(21)18(14-5-3-4-6-15(14)19)20-8-7-16-13(10-20)9-17(24-16)23-12(2)22/h3-6,9,18H,7-8,10H2,1-2H3/t18-/m1/s1. The van der Waals surface area contributed by atoms with Gasteiger partial charge in [0.2, 0.25) is 0 Å². The Bertz CT molecular complexity index is 786. The molecule has 0 amide bonds. The number of ether oxygens (including phenoxy) is 1. The number of Topliss-reactive ketones (excluding diaryl/α,β-unsaturated/α-hetero) is 1. The molecule has 0 fully saturated rings. The number of halogens is 1. The number of nitrogens with zero attached hydrogens (tertiary/aromatic N) is 1. The van der Waals surface area contributed by atoms with Gasteiger partial charge in [0.1, 0.15) is 5.82 Å². The van der Waals surface area contributed by atoms with Crippen LogP contribution in [-0.4, -0.2) is 23.2 Å². The number of rotatable bonds is 4. The van der Waals surface area contributed by atoms with E-state index in [1.165, 1.54) is 31.3 Å². The Kier molecular flexibility index (Phi) is 4.78. The SMILES string of the molecule is CC(=O)Oc1cc2c(s1)CCN([C@H](C(C)=O)c1ccccc1F)C2. The van der Waals surface area contributed by atoms with Crippen molar-refractivity contribution in [3.8, 4) is 5.06 Å². The number of fused-ring (bicyclic) bond motifs is 1. The summed E-state index contributed by atoms with van der Waals surface area (Å²) in [5.41, 5.74) is 1.44. The second kappa shape index (κ2) is 6.83. The molecule has 0 N–H and O–H groups in total. The van der Waals surface area contributed by atoms with E-state index in [9.17, 15) is 14.0 Å². The van der Waals surface area contributed by atoms with Gasteiger partial charge in [-0.3, -0.25) is 14.5 Å². The molecule has 0 unspecified atom stereocenters. The lowest BCUT2D eigenvalue weighted by Crippen LogP contribution is -2.37. The van der Waals surface area contributed by atoms with Gasteiger partial charge in [-0.15, -0.1) is 11.3 Å². The minimum absolute atomic E-state index is 0.0843. The van der Waals surface area contributed by atoms with Gasteiger partial charge in [0, 0.05) is 30.5 Å². The number of carbonyl (C=O) groups excluding carboxylic acids is 2. The van der Waals surface area contributed by atoms with Gasteiger partial charge in [0.25, 0.3) is 0 Å². The molecule has 0 aliphatic carbocycles. The molecule has 3 rings (SSSR count). The number of ketones is 1. The van der Waals surface area contributed by atoms with Gasteiger partial charge in [0.05, 0.1) is 6.04 Å². The van der Waals surface area contributed by atoms with Crippen LogP contribution in [0.5, 0.6) is 5.06 Å². The zero-order chi connectivity index (χ0) is 17.3. The predicted octanol–water partition coefficient (Wildman–Crippen LogP) is 3.50. The van der Waals surface area contributed by atoms with Crippen molar-refractivity contribution in [1.82, 2.24) is 4.90 Å². The number of hydrogen-bond donors (Lipinski definition) is 0. The summed E-state index contributed by atoms with van der Waals surface area (Å²) in [6.45, 7) is 4.05. The van der Waals surface area contributed by atoms with E-state index >= 15 is 0 Å². The largest absolute Gasteiger partial charge is 0.416 e. The highest BCUT2D eigenvalue weighted by atomic mass is 32.1. The fourth-order valence-electron chi connectivity index (χ4n) is 3.11. The summed E-state index contributed by atoms with van der Waals surface area (Å²) in [6.07, 6.45) is 0.750. The molecule has 2 heterocycles. The van der Waals surface area contributed by atoms with Crippen molar-refractivity contribution in [2.24, 2.45) is 0 Å². The Balaban J connectivity index is 1.87. The highest BCUT2D eigenvalue weighted by Crippen LogP contribution is 2.36. The van der Waals surface area contributed by atoms with E-state index in [1.54, 1.807) is 18.2 Å². The second-order valence-corrected chi connectivity index (χ2v) is 6.96. The maximum Gasteiger partial charge on any atom is 0.308 e. The first-order valence-corrected chi connectivity index (χ1v) is 8.56. The summed E-state index contributed by atoms with van der Waals surface area (Å²) in [5.74, 6) is -0.799. The van der Waals surface area contributed by atoms with E-state index < -0.39 is 6.04 Å². The molecule has 2 aromatic rings. The molecule has 0 radical (unpaired) electrons. The summed E-state index contributed by atoms with van der Waals surface area (Å²) < 4.78 is 19.3. The quantitative estimate of drug-likeness (QED) is 0.794. The minimum Gasteiger partial charge on any atom is -0.416 e. The molecule has 1 aromatic heterocycles. The van der Waals surface area contributed by atoms with Gasteiger partial charge in [0.15, 0.2) is 10.8 Å². The molecule has 1 aliphatic rings. The van der Waals surface area contributed by atoms with Gasteiger partial charge >= 0.3 is 5.97 Å². The topological polar surface area (TPSA) is 46.6 Å². The molecular formula is C18H18FNO3S. The molecular weight excluding hydrogens is 329 g/mol. The molecule has 4 nitrogen and oxygen atoms in total. The summed E-state index contributed by atoms with van der Waals surface area (Å²) in [7, 11) is 0. The molecule has 1 aliphatic heterocycles. The van der Waals surface area contributed by atoms with Crippen molar-refractivity contribution in [1.29, 1.82) is 0 Å². The average molecular weight is 347 g/mol. The van der Waals surface area contributed by atoms with E-state index in [2.05, 4.69) is 0 Å². The van der Waals surface area contributed by atoms with Crippen LogP contribution in [-0.2, 0) is 22.6 Å². The number of hydrogen-bond acceptors (Lipinski definition) is 5. The zero-order valence-corrected chi connectivity index (χ0v) is 14.4. The average Bonchev–Trinajstić information content (AvgIpc) is 2.89. The van der Waals surface area contributed by atoms with Crippen molar-refractivity contribution in [2.75, 3.05) is 6.54 Å². The van der Waals surface area contributed by atoms with E-state index in [4.69, 9.17) is 4.74 Å². The van der Waals surface area contributed by atoms with Gasteiger partial charge < -0.3 is 4.74 Å². The summed E-state index contributed by atoms with van der Waals surface area (Å²) in [6, 6.07) is 7.64. The maximum absolute atomic E-state index is 14.2. The van der Waals surface area contributed by atoms with E-state index in [0.717, 1.165) is 16.9 Å². The first kappa shape index (κ1) is 16.8. The van der Waals surface area contributed by atoms with Crippen LogP contribution in [0.4, 0.5) is 4.39 Å². The third-order valence-corrected chi connectivity index (χ3v) is 5.18. The maximum atomic E-state index is 14.2. The number of esters is 1. The molecule has 1 atom stereocenters. The van der Waals surface area contributed by atoms with Crippen LogP contribution in [0.25, 0.3) is 0 Å². The Labute approximate surface area is 143 Å². The smallest absolute Gasteiger partial charge is 0.308 e. The zero-order valence-electron chi connectivity index (χ0n) is 13.5. The molecule has 1 aromatic carbocycles. The molecule has 6 heteroatoms. The third-order valence-electron chi connectivity index (χ3n) is 4.07. The predicted molar refractivity (Wildman–Crippen MR) is 89.6 cm³/mol. The summed E-state index contributed by atoms with van der Waals surface area (Å²) in [5, 5.41) is 0.569. The van der Waals surface area contributed by atoms with Crippen LogP contribution in [0, 0.1) is 5.82 Å². The fraction of sp³-hybridized carbons (Fsp3) is 0.333. The molecule has 0 bridgehead atoms. The lowest BCUT2D eigenvalue weighted by atomic mass is 9.98. The van der Waals surface area contributed by atoms with Crippen LogP contribution >= 0.6 is 11.3 Å². The first-order chi connectivity index (χ1) is 11.5. The van der Waals surface area contributed by atoms with Gasteiger partial charge in [-0.05, 0) is 31.0 Å². The van der Waals surface area contributed by atoms with E-state index in [-0.39, 0.29) is 17.6 Å². The highest BCUT2D eigenvalue weighted by Gasteiger charge is 2.31. The first-order valence-electron chi connectivity index (χ1n) is 7.74. The normalized spacial score (nSPS) is 15.6. The summed E-state index contributed by atoms with van der Waals surface area (Å²) in [4.78, 5) is 26.4. The van der Waals surface area contributed by atoms with Crippen molar-refractivity contribution < 1.29 is 18.7 Å². The monoisotopic (exact) mass is 347 g/mol. The number of carbonyl (C=O) groups is 2. The lowest BCUT2D eigenvalue weighted by Gasteiger charge is -2.33. The molecule has 0 spiro atoms. The van der Waals surface area contributed by atoms with Crippen molar-refractivity contribution in [3.05, 3.63) is 52.2 Å². The summed E-state index contributed by atoms with van der Waals surface area (Å²) >= 11 is 1.46. The number of benzene rings is 1. The van der Waals surface area contributed by atoms with Crippen molar-refractivity contribution in [2.45, 2.75) is 32.9 Å². The second-order valence-electron chi connectivity index (χ2n) is 5.86. The van der Waals surface area contributed by atoms with Gasteiger partial charge in [-0.25, -0.2) is 4.39 Å². The van der Waals surface area contributed by atoms with E-state index in [0.29, 0.717) is 23.7 Å². The van der Waals surface area contributed by atoms with Gasteiger partial charge in [-0.1, -0.05) is 18.2 Å². The Morgan fingerprint density at radius 3 is 2.71 bits per heavy atom. The molecule has 0 saturated carbocycles. The number of thiophene rings is 1. The van der Waals surface area contributed by atoms with Crippen molar-refractivity contribution in [3.63, 3.8) is 0 Å². The molecule has 0 saturated heterocycles. The van der Waals surface area contributed by atoms with Crippen LogP contribution < -0.4 is 4.74 Å². The molecule has 24 heavy (non-hydrogen) atoms. The van der Waals surface area contributed by atoms with Crippen LogP contribution in [0.15, 0.2) is 30.3 Å². The van der Waals surface area contributed by atoms with Crippen LogP contribution in [0.1, 0.15) is 35.9 Å².